The number of hydrogen-bond acceptors (Lipinski definition) is 7. The van der Waals surface area contributed by atoms with Gasteiger partial charge in [-0.3, -0.25) is 4.79 Å². The van der Waals surface area contributed by atoms with Gasteiger partial charge in [-0.25, -0.2) is 16.8 Å². The molecule has 2 saturated heterocycles. The first-order chi connectivity index (χ1) is 18.1. The molecule has 2 aromatic carbocycles. The van der Waals surface area contributed by atoms with Crippen molar-refractivity contribution in [1.29, 1.82) is 0 Å². The molecule has 4 rings (SSSR count). The molecule has 0 aromatic heterocycles. The average Bonchev–Trinajstić information content (AvgIpc) is 3.47. The van der Waals surface area contributed by atoms with Gasteiger partial charge in [0.2, 0.25) is 20.0 Å². The molecule has 2 aliphatic heterocycles. The van der Waals surface area contributed by atoms with Gasteiger partial charge >= 0.3 is 0 Å². The van der Waals surface area contributed by atoms with E-state index in [2.05, 4.69) is 12.2 Å². The Bertz CT molecular complexity index is 1330. The Hall–Kier alpha value is -2.67. The van der Waals surface area contributed by atoms with Crippen molar-refractivity contribution in [3.05, 3.63) is 48.0 Å². The van der Waals surface area contributed by atoms with Gasteiger partial charge in [0.05, 0.1) is 29.0 Å². The molecule has 2 heterocycles. The summed E-state index contributed by atoms with van der Waals surface area (Å²) in [4.78, 5) is 13.2. The van der Waals surface area contributed by atoms with Gasteiger partial charge in [0.1, 0.15) is 18.1 Å². The molecule has 2 aliphatic rings. The lowest BCUT2D eigenvalue weighted by Crippen LogP contribution is -2.38. The summed E-state index contributed by atoms with van der Waals surface area (Å²) >= 11 is 0. The minimum absolute atomic E-state index is 0.0539. The first-order valence-electron chi connectivity index (χ1n) is 12.8. The number of carbonyl (C=O) groups excluding carboxylic acids is 1. The molecule has 2 aromatic rings. The van der Waals surface area contributed by atoms with E-state index in [9.17, 15) is 21.6 Å². The predicted molar refractivity (Wildman–Crippen MR) is 142 cm³/mol. The lowest BCUT2D eigenvalue weighted by Gasteiger charge is -2.29. The Kier molecular flexibility index (Phi) is 8.96. The molecule has 10 nitrogen and oxygen atoms in total. The van der Waals surface area contributed by atoms with E-state index in [1.165, 1.54) is 46.1 Å². The van der Waals surface area contributed by atoms with E-state index in [0.29, 0.717) is 37.8 Å². The topological polar surface area (TPSA) is 122 Å². The second-order valence-electron chi connectivity index (χ2n) is 9.64. The maximum Gasteiger partial charge on any atom is 0.255 e. The van der Waals surface area contributed by atoms with Crippen molar-refractivity contribution in [3.8, 4) is 11.5 Å². The van der Waals surface area contributed by atoms with Gasteiger partial charge in [-0.2, -0.15) is 8.61 Å². The van der Waals surface area contributed by atoms with Gasteiger partial charge in [-0.05, 0) is 74.1 Å². The van der Waals surface area contributed by atoms with E-state index >= 15 is 0 Å². The van der Waals surface area contributed by atoms with Crippen LogP contribution in [-0.4, -0.2) is 77.8 Å². The number of piperidine rings is 1. The zero-order chi connectivity index (χ0) is 27.3. The van der Waals surface area contributed by atoms with E-state index in [0.717, 1.165) is 25.7 Å². The molecule has 0 atom stereocenters. The van der Waals surface area contributed by atoms with Crippen LogP contribution in [0.1, 0.15) is 43.0 Å². The van der Waals surface area contributed by atoms with Crippen LogP contribution in [0.25, 0.3) is 0 Å². The minimum atomic E-state index is -3.72. The van der Waals surface area contributed by atoms with Crippen LogP contribution in [0.2, 0.25) is 0 Å². The molecule has 0 spiro atoms. The Morgan fingerprint density at radius 3 is 2.11 bits per heavy atom. The van der Waals surface area contributed by atoms with Gasteiger partial charge < -0.3 is 14.8 Å². The maximum atomic E-state index is 13.1. The highest BCUT2D eigenvalue weighted by Crippen LogP contribution is 2.28. The molecule has 2 fully saturated rings. The van der Waals surface area contributed by atoms with Gasteiger partial charge in [0.15, 0.2) is 0 Å². The van der Waals surface area contributed by atoms with Crippen LogP contribution in [0.15, 0.2) is 52.3 Å². The quantitative estimate of drug-likeness (QED) is 0.440. The van der Waals surface area contributed by atoms with Gasteiger partial charge in [-0.1, -0.05) is 6.92 Å². The fourth-order valence-corrected chi connectivity index (χ4v) is 7.63. The summed E-state index contributed by atoms with van der Waals surface area (Å²) in [6.45, 7) is 4.39. The second-order valence-corrected chi connectivity index (χ2v) is 13.5. The van der Waals surface area contributed by atoms with Crippen LogP contribution >= 0.6 is 0 Å². The lowest BCUT2D eigenvalue weighted by atomic mass is 10.0. The molecule has 208 valence electrons. The van der Waals surface area contributed by atoms with Crippen LogP contribution in [0.4, 0.5) is 0 Å². The summed E-state index contributed by atoms with van der Waals surface area (Å²) in [7, 11) is -5.79. The summed E-state index contributed by atoms with van der Waals surface area (Å²) in [6, 6.07) is 10.5. The number of nitrogens with one attached hydrogen (secondary N) is 1. The largest absolute Gasteiger partial charge is 0.496 e. The van der Waals surface area contributed by atoms with Crippen molar-refractivity contribution in [2.75, 3.05) is 46.4 Å². The molecule has 0 unspecified atom stereocenters. The van der Waals surface area contributed by atoms with Crippen molar-refractivity contribution in [2.45, 2.75) is 42.4 Å². The van der Waals surface area contributed by atoms with Crippen molar-refractivity contribution in [3.63, 3.8) is 0 Å². The fourth-order valence-electron chi connectivity index (χ4n) is 4.61. The minimum Gasteiger partial charge on any atom is -0.496 e. The Morgan fingerprint density at radius 2 is 1.47 bits per heavy atom. The molecule has 0 radical (unpaired) electrons. The Balaban J connectivity index is 1.34. The third-order valence-corrected chi connectivity index (χ3v) is 10.8. The molecule has 1 N–H and O–H groups in total. The molecule has 0 bridgehead atoms. The zero-order valence-corrected chi connectivity index (χ0v) is 23.4. The van der Waals surface area contributed by atoms with Crippen molar-refractivity contribution in [1.82, 2.24) is 13.9 Å². The van der Waals surface area contributed by atoms with Gasteiger partial charge in [0, 0.05) is 26.2 Å². The van der Waals surface area contributed by atoms with Crippen molar-refractivity contribution < 1.29 is 31.1 Å². The smallest absolute Gasteiger partial charge is 0.255 e. The monoisotopic (exact) mass is 565 g/mol. The molecule has 0 aliphatic carbocycles. The molecular weight excluding hydrogens is 530 g/mol. The molecule has 12 heteroatoms. The Morgan fingerprint density at radius 1 is 0.895 bits per heavy atom. The van der Waals surface area contributed by atoms with Crippen LogP contribution in [0.3, 0.4) is 0 Å². The van der Waals surface area contributed by atoms with Crippen molar-refractivity contribution in [2.24, 2.45) is 5.92 Å². The third-order valence-electron chi connectivity index (χ3n) is 6.98. The highest BCUT2D eigenvalue weighted by atomic mass is 32.2. The first-order valence-corrected chi connectivity index (χ1v) is 15.7. The summed E-state index contributed by atoms with van der Waals surface area (Å²) in [5.41, 5.74) is 0.121. The third kappa shape index (κ3) is 6.31. The predicted octanol–water partition coefficient (Wildman–Crippen LogP) is 2.71. The van der Waals surface area contributed by atoms with E-state index in [1.54, 1.807) is 12.1 Å². The summed E-state index contributed by atoms with van der Waals surface area (Å²) in [5.74, 6) is 0.745. The second kappa shape index (κ2) is 12.0. The zero-order valence-electron chi connectivity index (χ0n) is 21.8. The molecular formula is C26H35N3O7S2. The number of carbonyl (C=O) groups is 1. The summed E-state index contributed by atoms with van der Waals surface area (Å²) in [5, 5.41) is 2.73. The van der Waals surface area contributed by atoms with Crippen LogP contribution in [0.5, 0.6) is 11.5 Å². The fraction of sp³-hybridized carbons (Fsp3) is 0.500. The van der Waals surface area contributed by atoms with Gasteiger partial charge in [0.25, 0.3) is 5.91 Å². The van der Waals surface area contributed by atoms with Crippen LogP contribution in [-0.2, 0) is 20.0 Å². The number of sulfonamides is 2. The normalized spacial score (nSPS) is 17.8. The summed E-state index contributed by atoms with van der Waals surface area (Å²) < 4.78 is 65.5. The van der Waals surface area contributed by atoms with E-state index in [4.69, 9.17) is 9.47 Å². The number of rotatable bonds is 10. The number of amides is 1. The van der Waals surface area contributed by atoms with E-state index in [-0.39, 0.29) is 34.3 Å². The molecule has 0 saturated carbocycles. The number of ether oxygens (including phenoxy) is 2. The van der Waals surface area contributed by atoms with Crippen molar-refractivity contribution >= 4 is 26.0 Å². The highest BCUT2D eigenvalue weighted by molar-refractivity contribution is 7.89. The molecule has 1 amide bonds. The number of methoxy groups -OCH3 is 1. The SMILES string of the molecule is COc1ccc(S(=O)(=O)N2CCC(C)CC2)cc1C(=O)NCCOc1ccc(S(=O)(=O)N2CCCC2)cc1. The highest BCUT2D eigenvalue weighted by Gasteiger charge is 2.30. The van der Waals surface area contributed by atoms with Gasteiger partial charge in [-0.15, -0.1) is 0 Å². The first kappa shape index (κ1) is 28.3. The van der Waals surface area contributed by atoms with Crippen LogP contribution in [0, 0.1) is 5.92 Å². The maximum absolute atomic E-state index is 13.1. The van der Waals surface area contributed by atoms with E-state index in [1.807, 2.05) is 0 Å². The van der Waals surface area contributed by atoms with E-state index < -0.39 is 26.0 Å². The standard InChI is InChI=1S/C26H35N3O7S2/c1-20-11-16-29(17-12-20)38(33,34)23-9-10-25(35-2)24(19-23)26(30)27-13-18-36-21-5-7-22(8-6-21)37(31,32)28-14-3-4-15-28/h5-10,19-20H,3-4,11-18H2,1-2H3,(H,27,30). The number of hydrogen-bond donors (Lipinski definition) is 1. The molecule has 38 heavy (non-hydrogen) atoms. The average molecular weight is 566 g/mol. The van der Waals surface area contributed by atoms with Crippen LogP contribution < -0.4 is 14.8 Å². The lowest BCUT2D eigenvalue weighted by molar-refractivity contribution is 0.0943. The summed E-state index contributed by atoms with van der Waals surface area (Å²) in [6.07, 6.45) is 3.35. The number of benzene rings is 2. The number of nitrogens with zero attached hydrogens (tertiary/aromatic N) is 2. The Labute approximate surface area is 225 Å².